The van der Waals surface area contributed by atoms with Gasteiger partial charge in [0, 0.05) is 43.5 Å². The fourth-order valence-electron chi connectivity index (χ4n) is 5.67. The lowest BCUT2D eigenvalue weighted by atomic mass is 9.57. The largest absolute Gasteiger partial charge is 0.483 e. The summed E-state index contributed by atoms with van der Waals surface area (Å²) in [4.78, 5) is 31.4. The van der Waals surface area contributed by atoms with E-state index in [0.717, 1.165) is 25.1 Å². The van der Waals surface area contributed by atoms with Crippen molar-refractivity contribution in [1.29, 1.82) is 4.78 Å². The lowest BCUT2D eigenvalue weighted by molar-refractivity contribution is -0.140. The number of pyridine rings is 1. The molecule has 2 N–H and O–H groups in total. The van der Waals surface area contributed by atoms with Crippen LogP contribution in [0.25, 0.3) is 0 Å². The first-order valence-corrected chi connectivity index (χ1v) is 12.8. The zero-order valence-electron chi connectivity index (χ0n) is 18.3. The highest BCUT2D eigenvalue weighted by atomic mass is 32.2. The van der Waals surface area contributed by atoms with Crippen molar-refractivity contribution >= 4 is 21.7 Å². The summed E-state index contributed by atoms with van der Waals surface area (Å²) in [5.41, 5.74) is -4.43. The van der Waals surface area contributed by atoms with Crippen LogP contribution in [0.4, 0.5) is 18.0 Å². The van der Waals surface area contributed by atoms with Gasteiger partial charge in [-0.05, 0) is 43.7 Å². The highest BCUT2D eigenvalue weighted by Crippen LogP contribution is 2.53. The number of nitrogens with zero attached hydrogens (tertiary/aromatic N) is 3. The fourth-order valence-corrected chi connectivity index (χ4v) is 6.40. The molecule has 1 unspecified atom stereocenters. The van der Waals surface area contributed by atoms with Gasteiger partial charge in [-0.15, -0.1) is 0 Å². The number of carbonyl (C=O) groups excluding carboxylic acids is 2. The number of nitrogens with one attached hydrogen (secondary N) is 2. The molecule has 34 heavy (non-hydrogen) atoms. The number of rotatable bonds is 3. The summed E-state index contributed by atoms with van der Waals surface area (Å²) in [7, 11) is -4.89. The summed E-state index contributed by atoms with van der Waals surface area (Å²) in [5, 5.41) is 2.90. The molecule has 186 valence electrons. The van der Waals surface area contributed by atoms with E-state index in [0.29, 0.717) is 50.6 Å². The third kappa shape index (κ3) is 4.12. The van der Waals surface area contributed by atoms with Crippen LogP contribution >= 0.6 is 0 Å². The van der Waals surface area contributed by atoms with Crippen molar-refractivity contribution in [1.82, 2.24) is 20.1 Å². The van der Waals surface area contributed by atoms with Gasteiger partial charge in [0.25, 0.3) is 0 Å². The van der Waals surface area contributed by atoms with Crippen molar-refractivity contribution in [3.8, 4) is 0 Å². The summed E-state index contributed by atoms with van der Waals surface area (Å²) in [6.07, 6.45) is 3.96. The lowest BCUT2D eigenvalue weighted by Gasteiger charge is -2.60. The number of halogens is 3. The third-order valence-corrected chi connectivity index (χ3v) is 8.87. The Hall–Kier alpha value is -2.41. The van der Waals surface area contributed by atoms with E-state index >= 15 is 0 Å². The summed E-state index contributed by atoms with van der Waals surface area (Å²) in [6.45, 7) is 2.47. The molecule has 0 bridgehead atoms. The molecule has 1 aromatic rings. The van der Waals surface area contributed by atoms with Gasteiger partial charge in [0.2, 0.25) is 5.91 Å². The van der Waals surface area contributed by atoms with E-state index in [2.05, 4.69) is 10.3 Å². The van der Waals surface area contributed by atoms with Gasteiger partial charge in [-0.25, -0.2) is 13.8 Å². The maximum Gasteiger partial charge on any atom is 0.483 e. The number of hydrogen-bond acceptors (Lipinski definition) is 6. The number of morpholine rings is 1. The van der Waals surface area contributed by atoms with Gasteiger partial charge in [0.05, 0.1) is 17.0 Å². The maximum atomic E-state index is 12.9. The van der Waals surface area contributed by atoms with E-state index in [1.807, 2.05) is 4.90 Å². The Kier molecular flexibility index (Phi) is 5.54. The van der Waals surface area contributed by atoms with Crippen molar-refractivity contribution in [2.75, 3.05) is 32.8 Å². The number of urea groups is 1. The van der Waals surface area contributed by atoms with E-state index in [9.17, 15) is 27.0 Å². The maximum absolute atomic E-state index is 12.9. The van der Waals surface area contributed by atoms with Gasteiger partial charge in [-0.2, -0.15) is 13.2 Å². The molecule has 1 aromatic heterocycles. The number of alkyl halides is 3. The minimum Gasteiger partial charge on any atom is -0.366 e. The van der Waals surface area contributed by atoms with Gasteiger partial charge in [0.15, 0.2) is 9.73 Å². The molecule has 13 heteroatoms. The first kappa shape index (κ1) is 23.3. The average Bonchev–Trinajstić information content (AvgIpc) is 2.73. The normalized spacial score (nSPS) is 28.4. The molecule has 4 fully saturated rings. The van der Waals surface area contributed by atoms with Crippen LogP contribution in [0, 0.1) is 16.1 Å². The van der Waals surface area contributed by atoms with Gasteiger partial charge >= 0.3 is 11.5 Å². The van der Waals surface area contributed by atoms with Crippen LogP contribution in [-0.4, -0.2) is 81.4 Å². The smallest absolute Gasteiger partial charge is 0.366 e. The monoisotopic (exact) mass is 501 g/mol. The highest BCUT2D eigenvalue weighted by molar-refractivity contribution is 7.93. The van der Waals surface area contributed by atoms with Crippen LogP contribution in [0.3, 0.4) is 0 Å². The molecule has 3 amide bonds. The molecular weight excluding hydrogens is 475 g/mol. The molecule has 3 atom stereocenters. The lowest BCUT2D eigenvalue weighted by Crippen LogP contribution is -2.68. The minimum atomic E-state index is -5.13. The van der Waals surface area contributed by atoms with E-state index in [-0.39, 0.29) is 36.1 Å². The molecule has 1 spiro atoms. The highest BCUT2D eigenvalue weighted by Gasteiger charge is 2.54. The summed E-state index contributed by atoms with van der Waals surface area (Å²) in [6, 6.07) is 2.30. The number of ether oxygens (including phenoxy) is 1. The van der Waals surface area contributed by atoms with E-state index in [4.69, 9.17) is 9.52 Å². The van der Waals surface area contributed by atoms with Crippen molar-refractivity contribution < 1.29 is 31.7 Å². The molecule has 0 radical (unpaired) electrons. The second-order valence-electron chi connectivity index (χ2n) is 9.86. The molecule has 1 aliphatic carbocycles. The Labute approximate surface area is 195 Å². The van der Waals surface area contributed by atoms with Crippen molar-refractivity contribution in [3.63, 3.8) is 0 Å². The summed E-state index contributed by atoms with van der Waals surface area (Å²) in [5.74, 6) is 0.167. The van der Waals surface area contributed by atoms with Crippen LogP contribution < -0.4 is 5.32 Å². The van der Waals surface area contributed by atoms with Gasteiger partial charge in [-0.1, -0.05) is 0 Å². The molecule has 9 nitrogen and oxygen atoms in total. The Morgan fingerprint density at radius 3 is 2.68 bits per heavy atom. The standard InChI is InChI=1S/C21H26F3N5O4S/c22-21(23,24)34(25,32)15-2-1-14(26-8-15)5-13-6-20(7-13)11-29(12-20)19(31)28-4-3-17-16(9-28)27-18(30)10-33-17/h1-2,8,13,16-17,25H,3-7,9-12H2,(H,27,30)/t16-,17+,34?/m1/s1. The molecule has 5 rings (SSSR count). The number of fused-ring (bicyclic) bond motifs is 1. The number of aromatic nitrogens is 1. The number of piperidine rings is 1. The zero-order chi connectivity index (χ0) is 24.3. The minimum absolute atomic E-state index is 0.0201. The van der Waals surface area contributed by atoms with Crippen LogP contribution in [0.15, 0.2) is 23.2 Å². The van der Waals surface area contributed by atoms with Crippen LogP contribution in [0.5, 0.6) is 0 Å². The second kappa shape index (κ2) is 8.08. The van der Waals surface area contributed by atoms with E-state index in [1.54, 1.807) is 4.90 Å². The SMILES string of the molecule is N=S(=O)(c1ccc(CC2CC3(C2)CN(C(=O)N2CC[C@@H]4OCC(=O)N[C@@H]4C2)C3)nc1)C(F)(F)F. The molecule has 3 saturated heterocycles. The van der Waals surface area contributed by atoms with Crippen molar-refractivity contribution in [3.05, 3.63) is 24.0 Å². The fraction of sp³-hybridized carbons (Fsp3) is 0.667. The molecule has 0 aromatic carbocycles. The Balaban J connectivity index is 1.09. The second-order valence-corrected chi connectivity index (χ2v) is 11.9. The van der Waals surface area contributed by atoms with Crippen LogP contribution in [-0.2, 0) is 25.7 Å². The Bertz CT molecular complexity index is 1080. The van der Waals surface area contributed by atoms with E-state index < -0.39 is 20.1 Å². The van der Waals surface area contributed by atoms with Crippen LogP contribution in [0.2, 0.25) is 0 Å². The first-order chi connectivity index (χ1) is 16.0. The van der Waals surface area contributed by atoms with Gasteiger partial charge in [0.1, 0.15) is 6.61 Å². The molecule has 1 saturated carbocycles. The summed E-state index contributed by atoms with van der Waals surface area (Å²) >= 11 is 0. The van der Waals surface area contributed by atoms with Crippen molar-refractivity contribution in [2.45, 2.75) is 48.2 Å². The van der Waals surface area contributed by atoms with Crippen LogP contribution in [0.1, 0.15) is 25.0 Å². The topological polar surface area (TPSA) is 116 Å². The predicted molar refractivity (Wildman–Crippen MR) is 113 cm³/mol. The number of likely N-dealkylation sites (tertiary alicyclic amines) is 2. The number of carbonyl (C=O) groups is 2. The summed E-state index contributed by atoms with van der Waals surface area (Å²) < 4.78 is 62.7. The molecular formula is C21H26F3N5O4S. The zero-order valence-corrected chi connectivity index (χ0v) is 19.2. The molecule has 3 aliphatic heterocycles. The number of hydrogen-bond donors (Lipinski definition) is 2. The quantitative estimate of drug-likeness (QED) is 0.657. The Morgan fingerprint density at radius 1 is 1.29 bits per heavy atom. The molecule has 4 heterocycles. The third-order valence-electron chi connectivity index (χ3n) is 7.31. The predicted octanol–water partition coefficient (Wildman–Crippen LogP) is 1.97. The Morgan fingerprint density at radius 2 is 2.03 bits per heavy atom. The first-order valence-electron chi connectivity index (χ1n) is 11.2. The van der Waals surface area contributed by atoms with Gasteiger partial charge in [-0.3, -0.25) is 9.78 Å². The molecule has 4 aliphatic rings. The van der Waals surface area contributed by atoms with Gasteiger partial charge < -0.3 is 19.9 Å². The average molecular weight is 502 g/mol. The van der Waals surface area contributed by atoms with Crippen molar-refractivity contribution in [2.24, 2.45) is 11.3 Å². The number of amides is 3. The van der Waals surface area contributed by atoms with E-state index in [1.165, 1.54) is 6.07 Å².